The van der Waals surface area contributed by atoms with E-state index in [2.05, 4.69) is 5.32 Å². The Morgan fingerprint density at radius 1 is 0.796 bits per heavy atom. The summed E-state index contributed by atoms with van der Waals surface area (Å²) in [6.07, 6.45) is 1.72. The molecule has 4 atom stereocenters. The molecule has 13 heteroatoms. The van der Waals surface area contributed by atoms with Crippen LogP contribution in [0.5, 0.6) is 40.2 Å². The van der Waals surface area contributed by atoms with Gasteiger partial charge in [0.15, 0.2) is 34.5 Å². The number of carbonyl (C=O) groups is 2. The monoisotopic (exact) mass is 739 g/mol. The number of ether oxygens (including phenoxy) is 8. The van der Waals surface area contributed by atoms with Crippen molar-refractivity contribution in [2.75, 3.05) is 48.9 Å². The fourth-order valence-electron chi connectivity index (χ4n) is 7.82. The zero-order valence-electron chi connectivity index (χ0n) is 30.5. The average molecular weight is 740 g/mol. The fourth-order valence-corrected chi connectivity index (χ4v) is 7.82. The summed E-state index contributed by atoms with van der Waals surface area (Å²) >= 11 is 0. The lowest BCUT2D eigenvalue weighted by Crippen LogP contribution is -2.43. The molecule has 1 aliphatic carbocycles. The molecule has 2 heterocycles. The zero-order chi connectivity index (χ0) is 38.1. The molecule has 1 amide bonds. The van der Waals surface area contributed by atoms with E-state index >= 15 is 0 Å². The predicted molar refractivity (Wildman–Crippen MR) is 195 cm³/mol. The highest BCUT2D eigenvalue weighted by Crippen LogP contribution is 2.55. The lowest BCUT2D eigenvalue weighted by molar-refractivity contribution is -0.141. The molecule has 3 N–H and O–H groups in total. The van der Waals surface area contributed by atoms with E-state index in [4.69, 9.17) is 37.9 Å². The van der Waals surface area contributed by atoms with Gasteiger partial charge in [0.05, 0.1) is 67.3 Å². The molecule has 0 spiro atoms. The minimum Gasteiger partial charge on any atom is -0.497 e. The van der Waals surface area contributed by atoms with Crippen molar-refractivity contribution >= 4 is 23.5 Å². The first-order valence-corrected chi connectivity index (χ1v) is 17.3. The Balaban J connectivity index is 1.39. The second-order valence-electron chi connectivity index (χ2n) is 13.0. The first-order chi connectivity index (χ1) is 26.3. The first-order valence-electron chi connectivity index (χ1n) is 17.3. The van der Waals surface area contributed by atoms with Crippen LogP contribution in [0.4, 0.5) is 0 Å². The number of esters is 1. The van der Waals surface area contributed by atoms with Gasteiger partial charge < -0.3 is 53.4 Å². The third kappa shape index (κ3) is 6.39. The van der Waals surface area contributed by atoms with Crippen LogP contribution in [0, 0.1) is 11.8 Å². The van der Waals surface area contributed by atoms with E-state index in [1.165, 1.54) is 28.4 Å². The van der Waals surface area contributed by atoms with Crippen molar-refractivity contribution in [2.24, 2.45) is 11.8 Å². The molecule has 2 aliphatic heterocycles. The topological polar surface area (TPSA) is 160 Å². The van der Waals surface area contributed by atoms with Crippen LogP contribution in [0.2, 0.25) is 0 Å². The van der Waals surface area contributed by atoms with Crippen LogP contribution in [-0.2, 0) is 27.5 Å². The van der Waals surface area contributed by atoms with Gasteiger partial charge in [-0.15, -0.1) is 0 Å². The van der Waals surface area contributed by atoms with Gasteiger partial charge in [-0.1, -0.05) is 12.1 Å². The van der Waals surface area contributed by atoms with E-state index in [0.29, 0.717) is 79.2 Å². The molecule has 0 unspecified atom stereocenters. The van der Waals surface area contributed by atoms with Crippen LogP contribution >= 0.6 is 0 Å². The number of rotatable bonds is 12. The summed E-state index contributed by atoms with van der Waals surface area (Å²) in [7, 11) is 7.52. The Morgan fingerprint density at radius 2 is 1.46 bits per heavy atom. The van der Waals surface area contributed by atoms with E-state index in [1.807, 2.05) is 24.3 Å². The molecular weight excluding hydrogens is 698 g/mol. The van der Waals surface area contributed by atoms with Crippen LogP contribution in [-0.4, -0.2) is 71.0 Å². The number of fused-ring (bicyclic) bond motifs is 3. The number of amides is 1. The van der Waals surface area contributed by atoms with Crippen molar-refractivity contribution in [1.82, 2.24) is 5.32 Å². The SMILES string of the molecule is COc1cccc(/C=C(/C(=O)N[C@@H]2c3cc4c(cc3[C@@H](c3cc(CO)c(OC)c(OC)c3)[C@H]3C(=O)OC[C@@H]32)OCO4)c2cc(CO)c(OC)c(OC)c2)c1. The normalized spacial score (nSPS) is 19.7. The number of aliphatic hydroxyl groups is 2. The van der Waals surface area contributed by atoms with Crippen molar-refractivity contribution in [3.05, 3.63) is 99.6 Å². The lowest BCUT2D eigenvalue weighted by atomic mass is 9.65. The quantitative estimate of drug-likeness (QED) is 0.104. The molecule has 1 fully saturated rings. The summed E-state index contributed by atoms with van der Waals surface area (Å²) in [5, 5.41) is 23.9. The summed E-state index contributed by atoms with van der Waals surface area (Å²) in [6, 6.07) is 17.2. The fraction of sp³-hybridized carbons (Fsp3) is 0.317. The Hall–Kier alpha value is -5.92. The Labute approximate surface area is 311 Å². The van der Waals surface area contributed by atoms with E-state index in [1.54, 1.807) is 49.6 Å². The molecule has 4 aromatic carbocycles. The Kier molecular flexibility index (Phi) is 10.3. The zero-order valence-corrected chi connectivity index (χ0v) is 30.5. The second kappa shape index (κ2) is 15.2. The van der Waals surface area contributed by atoms with Crippen molar-refractivity contribution < 1.29 is 57.7 Å². The predicted octanol–water partition coefficient (Wildman–Crippen LogP) is 4.78. The molecule has 4 aromatic rings. The van der Waals surface area contributed by atoms with Gasteiger partial charge in [0.1, 0.15) is 5.75 Å². The van der Waals surface area contributed by atoms with Gasteiger partial charge in [-0.05, 0) is 82.4 Å². The Bertz CT molecular complexity index is 2080. The Morgan fingerprint density at radius 3 is 2.11 bits per heavy atom. The molecule has 0 radical (unpaired) electrons. The van der Waals surface area contributed by atoms with Gasteiger partial charge in [-0.2, -0.15) is 0 Å². The van der Waals surface area contributed by atoms with E-state index in [-0.39, 0.29) is 32.2 Å². The number of benzene rings is 4. The van der Waals surface area contributed by atoms with Gasteiger partial charge in [0.2, 0.25) is 6.79 Å². The maximum Gasteiger partial charge on any atom is 0.310 e. The minimum absolute atomic E-state index is 0.0136. The van der Waals surface area contributed by atoms with E-state index in [9.17, 15) is 19.8 Å². The molecule has 7 rings (SSSR count). The number of hydrogen-bond acceptors (Lipinski definition) is 12. The molecule has 0 aromatic heterocycles. The number of aliphatic hydroxyl groups excluding tert-OH is 2. The van der Waals surface area contributed by atoms with Gasteiger partial charge in [0.25, 0.3) is 5.91 Å². The average Bonchev–Trinajstić information content (AvgIpc) is 3.83. The van der Waals surface area contributed by atoms with Gasteiger partial charge in [-0.25, -0.2) is 0 Å². The molecular formula is C41H41NO12. The van der Waals surface area contributed by atoms with Crippen LogP contribution < -0.4 is 38.5 Å². The number of nitrogens with one attached hydrogen (secondary N) is 1. The molecule has 0 bridgehead atoms. The maximum atomic E-state index is 14.8. The molecule has 54 heavy (non-hydrogen) atoms. The van der Waals surface area contributed by atoms with E-state index < -0.39 is 35.7 Å². The maximum absolute atomic E-state index is 14.8. The van der Waals surface area contributed by atoms with E-state index in [0.717, 1.165) is 0 Å². The molecule has 1 saturated heterocycles. The summed E-state index contributed by atoms with van der Waals surface area (Å²) < 4.78 is 45.2. The molecule has 13 nitrogen and oxygen atoms in total. The van der Waals surface area contributed by atoms with Crippen LogP contribution in [0.15, 0.2) is 60.7 Å². The van der Waals surface area contributed by atoms with Crippen LogP contribution in [0.3, 0.4) is 0 Å². The third-order valence-electron chi connectivity index (χ3n) is 10.3. The second-order valence-corrected chi connectivity index (χ2v) is 13.0. The summed E-state index contributed by atoms with van der Waals surface area (Å²) in [5.41, 5.74) is 4.40. The number of cyclic esters (lactones) is 1. The first kappa shape index (κ1) is 36.4. The van der Waals surface area contributed by atoms with Crippen LogP contribution in [0.25, 0.3) is 11.6 Å². The molecule has 0 saturated carbocycles. The van der Waals surface area contributed by atoms with Crippen molar-refractivity contribution in [3.8, 4) is 40.2 Å². The lowest BCUT2D eigenvalue weighted by Gasteiger charge is -2.39. The van der Waals surface area contributed by atoms with Crippen LogP contribution in [0.1, 0.15) is 50.9 Å². The largest absolute Gasteiger partial charge is 0.497 e. The third-order valence-corrected chi connectivity index (χ3v) is 10.3. The highest BCUT2D eigenvalue weighted by molar-refractivity contribution is 6.24. The summed E-state index contributed by atoms with van der Waals surface area (Å²) in [5.74, 6) is 0.334. The number of methoxy groups -OCH3 is 5. The van der Waals surface area contributed by atoms with Gasteiger partial charge in [-0.3, -0.25) is 9.59 Å². The number of hydrogen-bond donors (Lipinski definition) is 3. The van der Waals surface area contributed by atoms with Crippen molar-refractivity contribution in [2.45, 2.75) is 25.2 Å². The standard InChI is InChI=1S/C41H41NO12/c1-47-26-8-6-7-21(9-26)10-27(22-11-24(17-43)38(50-4)33(13-22)48-2)40(45)42-37-29-16-32-31(53-20-54-32)15-28(29)35(36-30(37)19-52-41(36)46)23-12-25(18-44)39(51-5)34(14-23)49-3/h6-16,30,35-37,43-44H,17-20H2,1-5H3,(H,42,45)/b27-10+/t30-,35+,36-,37+/m0/s1. The smallest absolute Gasteiger partial charge is 0.310 e. The highest BCUT2D eigenvalue weighted by Gasteiger charge is 2.53. The summed E-state index contributed by atoms with van der Waals surface area (Å²) in [4.78, 5) is 28.6. The number of carbonyl (C=O) groups excluding carboxylic acids is 2. The summed E-state index contributed by atoms with van der Waals surface area (Å²) in [6.45, 7) is -0.649. The minimum atomic E-state index is -0.735. The highest BCUT2D eigenvalue weighted by atomic mass is 16.7. The van der Waals surface area contributed by atoms with Gasteiger partial charge >= 0.3 is 5.97 Å². The van der Waals surface area contributed by atoms with Crippen molar-refractivity contribution in [1.29, 1.82) is 0 Å². The van der Waals surface area contributed by atoms with Crippen molar-refractivity contribution in [3.63, 3.8) is 0 Å². The molecule has 3 aliphatic rings. The van der Waals surface area contributed by atoms with Gasteiger partial charge in [0, 0.05) is 28.5 Å². The molecule has 282 valence electrons.